The summed E-state index contributed by atoms with van der Waals surface area (Å²) in [6, 6.07) is 8.16. The Morgan fingerprint density at radius 3 is 3.00 bits per heavy atom. The minimum Gasteiger partial charge on any atom is -0.368 e. The van der Waals surface area contributed by atoms with Gasteiger partial charge < -0.3 is 11.1 Å². The number of thioether (sulfide) groups is 1. The maximum Gasteiger partial charge on any atom is 0.237 e. The Balaban J connectivity index is 1.74. The second-order valence-corrected chi connectivity index (χ2v) is 7.70. The average Bonchev–Trinajstić information content (AvgIpc) is 3.03. The summed E-state index contributed by atoms with van der Waals surface area (Å²) in [6.45, 7) is 0. The number of likely N-dealkylation sites (N-methyl/N-ethyl adjacent to an activating group) is 1. The van der Waals surface area contributed by atoms with E-state index in [1.165, 1.54) is 4.70 Å². The first-order valence-electron chi connectivity index (χ1n) is 6.64. The first-order valence-corrected chi connectivity index (χ1v) is 8.34. The predicted molar refractivity (Wildman–Crippen MR) is 84.1 cm³/mol. The van der Waals surface area contributed by atoms with Crippen LogP contribution in [0.2, 0.25) is 0 Å². The molecular formula is C14H17N3OS2. The van der Waals surface area contributed by atoms with Gasteiger partial charge in [0.05, 0.1) is 15.8 Å². The lowest BCUT2D eigenvalue weighted by atomic mass is 9.97. The maximum atomic E-state index is 11.6. The first-order chi connectivity index (χ1) is 9.63. The minimum atomic E-state index is -0.533. The van der Waals surface area contributed by atoms with E-state index in [4.69, 9.17) is 5.73 Å². The second kappa shape index (κ2) is 5.35. The molecule has 0 bridgehead atoms. The van der Waals surface area contributed by atoms with E-state index in [2.05, 4.69) is 16.4 Å². The summed E-state index contributed by atoms with van der Waals surface area (Å²) in [5, 5.41) is 3.51. The van der Waals surface area contributed by atoms with Gasteiger partial charge in [0.25, 0.3) is 0 Å². The Morgan fingerprint density at radius 2 is 2.35 bits per heavy atom. The molecule has 1 fully saturated rings. The molecule has 2 unspecified atom stereocenters. The fraction of sp³-hybridized carbons (Fsp3) is 0.429. The molecule has 106 valence electrons. The van der Waals surface area contributed by atoms with Gasteiger partial charge in [-0.2, -0.15) is 0 Å². The summed E-state index contributed by atoms with van der Waals surface area (Å²) < 4.78 is 2.29. The third kappa shape index (κ3) is 2.43. The monoisotopic (exact) mass is 307 g/mol. The Kier molecular flexibility index (Phi) is 3.70. The molecular weight excluding hydrogens is 290 g/mol. The summed E-state index contributed by atoms with van der Waals surface area (Å²) in [7, 11) is 1.81. The first kappa shape index (κ1) is 13.9. The van der Waals surface area contributed by atoms with Gasteiger partial charge in [-0.15, -0.1) is 11.3 Å². The van der Waals surface area contributed by atoms with E-state index in [1.54, 1.807) is 23.1 Å². The lowest BCUT2D eigenvalue weighted by Crippen LogP contribution is -2.52. The molecule has 6 heteroatoms. The van der Waals surface area contributed by atoms with Crippen LogP contribution >= 0.6 is 23.1 Å². The number of primary amides is 1. The normalized spacial score (nSPS) is 26.1. The molecule has 1 aromatic carbocycles. The topological polar surface area (TPSA) is 68.0 Å². The number of rotatable bonds is 4. The minimum absolute atomic E-state index is 0.243. The second-order valence-electron chi connectivity index (χ2n) is 5.13. The van der Waals surface area contributed by atoms with Crippen LogP contribution in [0.5, 0.6) is 0 Å². The maximum absolute atomic E-state index is 11.6. The number of benzene rings is 1. The number of amides is 1. The van der Waals surface area contributed by atoms with Crippen molar-refractivity contribution in [3.05, 3.63) is 24.3 Å². The molecule has 0 aliphatic heterocycles. The fourth-order valence-electron chi connectivity index (χ4n) is 2.72. The smallest absolute Gasteiger partial charge is 0.237 e. The number of hydrogen-bond acceptors (Lipinski definition) is 5. The van der Waals surface area contributed by atoms with Crippen LogP contribution in [0.15, 0.2) is 28.6 Å². The van der Waals surface area contributed by atoms with Crippen LogP contribution in [0.3, 0.4) is 0 Å². The molecule has 2 atom stereocenters. The molecule has 1 aromatic heterocycles. The van der Waals surface area contributed by atoms with Gasteiger partial charge in [-0.25, -0.2) is 4.98 Å². The van der Waals surface area contributed by atoms with E-state index in [1.807, 2.05) is 25.2 Å². The molecule has 0 spiro atoms. The number of thiazole rings is 1. The lowest BCUT2D eigenvalue weighted by molar-refractivity contribution is -0.124. The van der Waals surface area contributed by atoms with Gasteiger partial charge in [-0.05, 0) is 38.4 Å². The highest BCUT2D eigenvalue weighted by atomic mass is 32.2. The van der Waals surface area contributed by atoms with Crippen LogP contribution in [-0.2, 0) is 4.79 Å². The standard InChI is InChI=1S/C14H17N3OS2/c1-16-14(12(15)18)7-6-9(8-14)19-13-17-10-4-2-3-5-11(10)20-13/h2-5,9,16H,6-8H2,1H3,(H2,15,18). The van der Waals surface area contributed by atoms with Gasteiger partial charge in [-0.1, -0.05) is 23.9 Å². The molecule has 3 N–H and O–H groups in total. The highest BCUT2D eigenvalue weighted by Gasteiger charge is 2.43. The molecule has 1 heterocycles. The number of aromatic nitrogens is 1. The van der Waals surface area contributed by atoms with Crippen LogP contribution < -0.4 is 11.1 Å². The average molecular weight is 307 g/mol. The van der Waals surface area contributed by atoms with Crippen molar-refractivity contribution in [1.82, 2.24) is 10.3 Å². The molecule has 1 saturated carbocycles. The van der Waals surface area contributed by atoms with E-state index in [9.17, 15) is 4.79 Å². The van der Waals surface area contributed by atoms with Gasteiger partial charge in [-0.3, -0.25) is 4.79 Å². The van der Waals surface area contributed by atoms with Gasteiger partial charge >= 0.3 is 0 Å². The van der Waals surface area contributed by atoms with Crippen LogP contribution in [0.25, 0.3) is 10.2 Å². The Bertz CT molecular complexity index is 609. The highest BCUT2D eigenvalue weighted by molar-refractivity contribution is 8.01. The Labute approximate surface area is 126 Å². The van der Waals surface area contributed by atoms with Crippen LogP contribution in [-0.4, -0.2) is 28.7 Å². The van der Waals surface area contributed by atoms with Crippen molar-refractivity contribution in [2.45, 2.75) is 34.4 Å². The van der Waals surface area contributed by atoms with E-state index in [0.717, 1.165) is 29.1 Å². The number of fused-ring (bicyclic) bond motifs is 1. The third-order valence-electron chi connectivity index (χ3n) is 3.96. The molecule has 4 nitrogen and oxygen atoms in total. The Morgan fingerprint density at radius 1 is 1.55 bits per heavy atom. The number of nitrogens with zero attached hydrogens (tertiary/aromatic N) is 1. The van der Waals surface area contributed by atoms with Gasteiger partial charge in [0.1, 0.15) is 0 Å². The van der Waals surface area contributed by atoms with Crippen molar-refractivity contribution >= 4 is 39.2 Å². The lowest BCUT2D eigenvalue weighted by Gasteiger charge is -2.24. The summed E-state index contributed by atoms with van der Waals surface area (Å²) >= 11 is 3.49. The zero-order chi connectivity index (χ0) is 14.2. The predicted octanol–water partition coefficient (Wildman–Crippen LogP) is 2.38. The van der Waals surface area contributed by atoms with Gasteiger partial charge in [0.15, 0.2) is 4.34 Å². The summed E-state index contributed by atoms with van der Waals surface area (Å²) in [5.74, 6) is -0.243. The molecule has 0 radical (unpaired) electrons. The van der Waals surface area contributed by atoms with Crippen LogP contribution in [0.4, 0.5) is 0 Å². The molecule has 0 saturated heterocycles. The van der Waals surface area contributed by atoms with Crippen molar-refractivity contribution < 1.29 is 4.79 Å². The number of hydrogen-bond donors (Lipinski definition) is 2. The SMILES string of the molecule is CNC1(C(N)=O)CCC(Sc2nc3ccccc3s2)C1. The molecule has 3 rings (SSSR count). The molecule has 1 aliphatic rings. The fourth-order valence-corrected chi connectivity index (χ4v) is 5.33. The molecule has 1 amide bonds. The number of para-hydroxylation sites is 1. The van der Waals surface area contributed by atoms with Gasteiger partial charge in [0, 0.05) is 5.25 Å². The van der Waals surface area contributed by atoms with Crippen molar-refractivity contribution in [1.29, 1.82) is 0 Å². The Hall–Kier alpha value is -1.11. The highest BCUT2D eigenvalue weighted by Crippen LogP contribution is 2.42. The van der Waals surface area contributed by atoms with E-state index in [-0.39, 0.29) is 5.91 Å². The van der Waals surface area contributed by atoms with Crippen molar-refractivity contribution in [3.63, 3.8) is 0 Å². The van der Waals surface area contributed by atoms with E-state index >= 15 is 0 Å². The number of carbonyl (C=O) groups is 1. The largest absolute Gasteiger partial charge is 0.368 e. The van der Waals surface area contributed by atoms with Crippen LogP contribution in [0.1, 0.15) is 19.3 Å². The molecule has 20 heavy (non-hydrogen) atoms. The van der Waals surface area contributed by atoms with E-state index < -0.39 is 5.54 Å². The van der Waals surface area contributed by atoms with Crippen molar-refractivity contribution in [3.8, 4) is 0 Å². The number of nitrogens with two attached hydrogens (primary N) is 1. The summed E-state index contributed by atoms with van der Waals surface area (Å²) in [6.07, 6.45) is 2.57. The number of nitrogens with one attached hydrogen (secondary N) is 1. The third-order valence-corrected chi connectivity index (χ3v) is 6.36. The quantitative estimate of drug-likeness (QED) is 0.910. The van der Waals surface area contributed by atoms with E-state index in [0.29, 0.717) is 5.25 Å². The van der Waals surface area contributed by atoms with Gasteiger partial charge in [0.2, 0.25) is 5.91 Å². The molecule has 1 aliphatic carbocycles. The summed E-state index contributed by atoms with van der Waals surface area (Å²) in [5.41, 5.74) is 6.05. The summed E-state index contributed by atoms with van der Waals surface area (Å²) in [4.78, 5) is 16.3. The van der Waals surface area contributed by atoms with Crippen LogP contribution in [0, 0.1) is 0 Å². The zero-order valence-electron chi connectivity index (χ0n) is 11.3. The van der Waals surface area contributed by atoms with Crippen molar-refractivity contribution in [2.24, 2.45) is 5.73 Å². The number of carbonyl (C=O) groups excluding carboxylic acids is 1. The zero-order valence-corrected chi connectivity index (χ0v) is 12.9. The molecule has 2 aromatic rings. The van der Waals surface area contributed by atoms with Crippen molar-refractivity contribution in [2.75, 3.05) is 7.05 Å².